The summed E-state index contributed by atoms with van der Waals surface area (Å²) in [6, 6.07) is 17.4. The molecule has 0 spiro atoms. The van der Waals surface area contributed by atoms with Crippen molar-refractivity contribution < 1.29 is 15.0 Å². The van der Waals surface area contributed by atoms with Crippen LogP contribution in [0.1, 0.15) is 5.69 Å². The summed E-state index contributed by atoms with van der Waals surface area (Å²) < 4.78 is 1.20. The van der Waals surface area contributed by atoms with Gasteiger partial charge < -0.3 is 10.2 Å². The van der Waals surface area contributed by atoms with E-state index in [0.29, 0.717) is 17.7 Å². The fourth-order valence-corrected chi connectivity index (χ4v) is 2.67. The molecule has 0 bridgehead atoms. The molecule has 3 rings (SSSR count). The minimum absolute atomic E-state index is 0.0282. The summed E-state index contributed by atoms with van der Waals surface area (Å²) in [4.78, 5) is 11.1. The molecule has 3 aromatic rings. The highest BCUT2D eigenvalue weighted by molar-refractivity contribution is 5.88. The van der Waals surface area contributed by atoms with Gasteiger partial charge in [0, 0.05) is 5.56 Å². The largest absolute Gasteiger partial charge is 0.506 e. The van der Waals surface area contributed by atoms with Crippen LogP contribution < -0.4 is 0 Å². The second-order valence-corrected chi connectivity index (χ2v) is 4.92. The van der Waals surface area contributed by atoms with Crippen molar-refractivity contribution in [2.24, 2.45) is 0 Å². The molecule has 0 aliphatic heterocycles. The Morgan fingerprint density at radius 1 is 0.955 bits per heavy atom. The minimum atomic E-state index is -0.336. The molecule has 4 heteroatoms. The third-order valence-corrected chi connectivity index (χ3v) is 3.66. The molecule has 1 heterocycles. The number of hydrogen-bond acceptors (Lipinski definition) is 3. The summed E-state index contributed by atoms with van der Waals surface area (Å²) in [5, 5.41) is 19.8. The molecular formula is C18H15NO3. The quantitative estimate of drug-likeness (QED) is 0.727. The van der Waals surface area contributed by atoms with Crippen LogP contribution in [0.3, 0.4) is 0 Å². The molecule has 110 valence electrons. The molecule has 0 amide bonds. The van der Waals surface area contributed by atoms with E-state index in [1.807, 2.05) is 54.6 Å². The number of aliphatic hydroxyl groups is 1. The van der Waals surface area contributed by atoms with Gasteiger partial charge in [0.15, 0.2) is 0 Å². The van der Waals surface area contributed by atoms with Crippen LogP contribution in [0.5, 0.6) is 5.75 Å². The van der Waals surface area contributed by atoms with Crippen molar-refractivity contribution in [1.82, 2.24) is 4.57 Å². The summed E-state index contributed by atoms with van der Waals surface area (Å²) >= 11 is 0. The van der Waals surface area contributed by atoms with Gasteiger partial charge in [0.25, 0.3) is 0 Å². The zero-order chi connectivity index (χ0) is 15.5. The number of aromatic hydroxyl groups is 1. The van der Waals surface area contributed by atoms with Crippen molar-refractivity contribution in [1.29, 1.82) is 0 Å². The molecule has 2 aromatic carbocycles. The van der Waals surface area contributed by atoms with Gasteiger partial charge in [-0.05, 0) is 16.7 Å². The molecule has 0 saturated heterocycles. The Balaban J connectivity index is 2.27. The van der Waals surface area contributed by atoms with Crippen LogP contribution in [0.25, 0.3) is 22.3 Å². The fraction of sp³-hybridized carbons (Fsp3) is 0.0556. The van der Waals surface area contributed by atoms with Gasteiger partial charge in [-0.1, -0.05) is 54.6 Å². The lowest BCUT2D eigenvalue weighted by Crippen LogP contribution is -2.00. The highest BCUT2D eigenvalue weighted by Gasteiger charge is 2.19. The first-order valence-electron chi connectivity index (χ1n) is 6.90. The summed E-state index contributed by atoms with van der Waals surface area (Å²) in [5.74, 6) is -0.0282. The van der Waals surface area contributed by atoms with Gasteiger partial charge in [0.1, 0.15) is 5.75 Å². The van der Waals surface area contributed by atoms with E-state index in [9.17, 15) is 15.0 Å². The second kappa shape index (κ2) is 5.87. The highest BCUT2D eigenvalue weighted by atomic mass is 16.3. The number of aliphatic hydroxyl groups excluding tert-OH is 1. The molecule has 0 aliphatic rings. The molecule has 0 radical (unpaired) electrons. The van der Waals surface area contributed by atoms with E-state index < -0.39 is 0 Å². The number of hydrogen-bond donors (Lipinski definition) is 2. The number of aromatic nitrogens is 1. The first-order valence-corrected chi connectivity index (χ1v) is 6.90. The molecule has 0 fully saturated rings. The first-order chi connectivity index (χ1) is 10.8. The van der Waals surface area contributed by atoms with Crippen LogP contribution in [0.2, 0.25) is 0 Å². The van der Waals surface area contributed by atoms with Crippen molar-refractivity contribution in [3.8, 4) is 28.0 Å². The maximum atomic E-state index is 11.1. The van der Waals surface area contributed by atoms with E-state index in [1.165, 1.54) is 10.8 Å². The molecule has 4 nitrogen and oxygen atoms in total. The Labute approximate surface area is 127 Å². The zero-order valence-corrected chi connectivity index (χ0v) is 11.8. The van der Waals surface area contributed by atoms with Crippen LogP contribution in [-0.2, 0) is 11.4 Å². The van der Waals surface area contributed by atoms with Gasteiger partial charge in [0.2, 0.25) is 6.41 Å². The van der Waals surface area contributed by atoms with Crippen molar-refractivity contribution in [3.63, 3.8) is 0 Å². The van der Waals surface area contributed by atoms with E-state index >= 15 is 0 Å². The monoisotopic (exact) mass is 293 g/mol. The average molecular weight is 293 g/mol. The van der Waals surface area contributed by atoms with Crippen LogP contribution in [-0.4, -0.2) is 21.2 Å². The first kappa shape index (κ1) is 14.1. The lowest BCUT2D eigenvalue weighted by atomic mass is 9.94. The van der Waals surface area contributed by atoms with Crippen LogP contribution in [0, 0.1) is 0 Å². The van der Waals surface area contributed by atoms with Gasteiger partial charge in [-0.25, -0.2) is 0 Å². The highest BCUT2D eigenvalue weighted by Crippen LogP contribution is 2.39. The van der Waals surface area contributed by atoms with E-state index in [4.69, 9.17) is 0 Å². The third-order valence-electron chi connectivity index (χ3n) is 3.66. The smallest absolute Gasteiger partial charge is 0.218 e. The summed E-state index contributed by atoms with van der Waals surface area (Å²) in [6.45, 7) is -0.336. The fourth-order valence-electron chi connectivity index (χ4n) is 2.67. The Kier molecular flexibility index (Phi) is 3.76. The van der Waals surface area contributed by atoms with Gasteiger partial charge >= 0.3 is 0 Å². The Morgan fingerprint density at radius 3 is 2.23 bits per heavy atom. The maximum absolute atomic E-state index is 11.1. The van der Waals surface area contributed by atoms with E-state index in [0.717, 1.165) is 16.7 Å². The van der Waals surface area contributed by atoms with Crippen LogP contribution >= 0.6 is 0 Å². The van der Waals surface area contributed by atoms with E-state index in [2.05, 4.69) is 0 Å². The number of benzene rings is 2. The van der Waals surface area contributed by atoms with Crippen LogP contribution in [0.4, 0.5) is 0 Å². The topological polar surface area (TPSA) is 62.5 Å². The molecular weight excluding hydrogens is 278 g/mol. The number of carbonyl (C=O) groups excluding carboxylic acids is 1. The van der Waals surface area contributed by atoms with Crippen molar-refractivity contribution in [2.45, 2.75) is 6.61 Å². The summed E-state index contributed by atoms with van der Waals surface area (Å²) in [6.07, 6.45) is 1.88. The van der Waals surface area contributed by atoms with E-state index in [1.54, 1.807) is 0 Å². The van der Waals surface area contributed by atoms with Gasteiger partial charge in [-0.15, -0.1) is 0 Å². The third kappa shape index (κ3) is 2.29. The number of rotatable bonds is 4. The van der Waals surface area contributed by atoms with Crippen molar-refractivity contribution >= 4 is 6.41 Å². The van der Waals surface area contributed by atoms with Gasteiger partial charge in [-0.2, -0.15) is 0 Å². The molecule has 1 aromatic heterocycles. The minimum Gasteiger partial charge on any atom is -0.506 e. The predicted octanol–water partition coefficient (Wildman–Crippen LogP) is 3.06. The molecule has 0 saturated carbocycles. The van der Waals surface area contributed by atoms with Crippen molar-refractivity contribution in [2.75, 3.05) is 0 Å². The Hall–Kier alpha value is -2.85. The SMILES string of the molecule is O=Cn1cc(O)c(-c2ccccc2-c2ccccc2)c1CO. The lowest BCUT2D eigenvalue weighted by molar-refractivity contribution is 0.275. The molecule has 22 heavy (non-hydrogen) atoms. The normalized spacial score (nSPS) is 10.6. The Morgan fingerprint density at radius 2 is 1.59 bits per heavy atom. The van der Waals surface area contributed by atoms with Crippen LogP contribution in [0.15, 0.2) is 60.8 Å². The number of nitrogens with zero attached hydrogens (tertiary/aromatic N) is 1. The maximum Gasteiger partial charge on any atom is 0.218 e. The second-order valence-electron chi connectivity index (χ2n) is 4.92. The standard InChI is InChI=1S/C18H15NO3/c20-11-16-18(17(22)10-19(16)12-21)15-9-5-4-8-14(15)13-6-2-1-3-7-13/h1-10,12,20,22H,11H2. The Bertz CT molecular complexity index is 806. The lowest BCUT2D eigenvalue weighted by Gasteiger charge is -2.11. The predicted molar refractivity (Wildman–Crippen MR) is 85.0 cm³/mol. The van der Waals surface area contributed by atoms with Crippen molar-refractivity contribution in [3.05, 3.63) is 66.5 Å². The van der Waals surface area contributed by atoms with Gasteiger partial charge in [0.05, 0.1) is 18.5 Å². The summed E-state index contributed by atoms with van der Waals surface area (Å²) in [5.41, 5.74) is 3.55. The summed E-state index contributed by atoms with van der Waals surface area (Å²) in [7, 11) is 0. The average Bonchev–Trinajstić information content (AvgIpc) is 2.91. The molecule has 0 aliphatic carbocycles. The van der Waals surface area contributed by atoms with Gasteiger partial charge in [-0.3, -0.25) is 9.36 Å². The molecule has 2 N–H and O–H groups in total. The number of carbonyl (C=O) groups is 1. The molecule has 0 atom stereocenters. The van der Waals surface area contributed by atoms with E-state index in [-0.39, 0.29) is 12.4 Å². The molecule has 0 unspecified atom stereocenters. The zero-order valence-electron chi connectivity index (χ0n) is 11.8.